The highest BCUT2D eigenvalue weighted by molar-refractivity contribution is 5.99. The van der Waals surface area contributed by atoms with Gasteiger partial charge in [-0.05, 0) is 124 Å². The van der Waals surface area contributed by atoms with Crippen molar-refractivity contribution in [3.8, 4) is 72.9 Å². The van der Waals surface area contributed by atoms with Gasteiger partial charge in [-0.2, -0.15) is 0 Å². The highest BCUT2D eigenvalue weighted by Crippen LogP contribution is 2.42. The Balaban J connectivity index is 1.10. The molecule has 12 nitrogen and oxygen atoms in total. The Bertz CT molecular complexity index is 3570. The molecule has 12 heteroatoms. The molecular weight excluding hydrogens is 931 g/mol. The number of carbonyl (C=O) groups is 4. The average molecular weight is 980 g/mol. The van der Waals surface area contributed by atoms with E-state index in [0.717, 1.165) is 72.5 Å². The molecule has 0 fully saturated rings. The summed E-state index contributed by atoms with van der Waals surface area (Å²) in [7, 11) is 3.85. The molecule has 0 radical (unpaired) electrons. The number of ether oxygens (including phenoxy) is 5. The first-order valence-corrected chi connectivity index (χ1v) is 23.9. The Morgan fingerprint density at radius 3 is 1.41 bits per heavy atom. The fourth-order valence-electron chi connectivity index (χ4n) is 9.54. The van der Waals surface area contributed by atoms with E-state index in [1.54, 1.807) is 24.3 Å². The van der Waals surface area contributed by atoms with Crippen LogP contribution < -0.4 is 9.47 Å². The highest BCUT2D eigenvalue weighted by Gasteiger charge is 2.38. The van der Waals surface area contributed by atoms with Gasteiger partial charge in [0.2, 0.25) is 0 Å². The summed E-state index contributed by atoms with van der Waals surface area (Å²) < 4.78 is 30.0. The maximum absolute atomic E-state index is 12.8. The zero-order chi connectivity index (χ0) is 51.5. The smallest absolute Gasteiger partial charge is 0.338 e. The lowest BCUT2D eigenvalue weighted by atomic mass is 9.79. The summed E-state index contributed by atoms with van der Waals surface area (Å²) in [4.78, 5) is 50.8. The van der Waals surface area contributed by atoms with Crippen LogP contribution in [0, 0.1) is 6.92 Å². The number of aryl methyl sites for hydroxylation is 1. The van der Waals surface area contributed by atoms with Crippen molar-refractivity contribution in [2.24, 2.45) is 0 Å². The zero-order valence-electron chi connectivity index (χ0n) is 41.3. The summed E-state index contributed by atoms with van der Waals surface area (Å²) in [6, 6.07) is 57.0. The maximum Gasteiger partial charge on any atom is 0.338 e. The molecule has 74 heavy (non-hydrogen) atoms. The van der Waals surface area contributed by atoms with Gasteiger partial charge in [-0.15, -0.1) is 5.10 Å². The lowest BCUT2D eigenvalue weighted by Gasteiger charge is -2.35. The molecule has 0 saturated heterocycles. The zero-order valence-corrected chi connectivity index (χ0v) is 41.3. The van der Waals surface area contributed by atoms with Gasteiger partial charge in [0.25, 0.3) is 0 Å². The van der Waals surface area contributed by atoms with Crippen LogP contribution in [0.3, 0.4) is 0 Å². The number of rotatable bonds is 11. The molecule has 1 unspecified atom stereocenters. The van der Waals surface area contributed by atoms with Gasteiger partial charge < -0.3 is 23.7 Å². The first-order chi connectivity index (χ1) is 35.9. The molecular formula is C62H49N3O9. The molecule has 366 valence electrons. The third kappa shape index (κ3) is 9.56. The first-order valence-electron chi connectivity index (χ1n) is 23.9. The molecule has 17 rings (SSSR count). The van der Waals surface area contributed by atoms with Crippen LogP contribution in [0.5, 0.6) is 17.2 Å². The van der Waals surface area contributed by atoms with E-state index in [1.807, 2.05) is 42.1 Å². The van der Waals surface area contributed by atoms with Crippen molar-refractivity contribution >= 4 is 23.7 Å². The third-order valence-corrected chi connectivity index (χ3v) is 13.4. The van der Waals surface area contributed by atoms with Crippen LogP contribution in [0.15, 0.2) is 182 Å². The molecule has 8 aliphatic rings. The van der Waals surface area contributed by atoms with Crippen molar-refractivity contribution in [3.63, 3.8) is 0 Å². The third-order valence-electron chi connectivity index (χ3n) is 13.4. The van der Waals surface area contributed by atoms with E-state index in [9.17, 15) is 19.2 Å². The van der Waals surface area contributed by atoms with Gasteiger partial charge in [0, 0.05) is 23.7 Å². The van der Waals surface area contributed by atoms with E-state index in [4.69, 9.17) is 28.9 Å². The van der Waals surface area contributed by atoms with Gasteiger partial charge >= 0.3 is 17.9 Å². The Kier molecular flexibility index (Phi) is 13.3. The van der Waals surface area contributed by atoms with E-state index in [2.05, 4.69) is 120 Å². The summed E-state index contributed by atoms with van der Waals surface area (Å²) >= 11 is 0. The second-order valence-corrected chi connectivity index (χ2v) is 18.0. The molecule has 12 bridgehead atoms. The van der Waals surface area contributed by atoms with Crippen LogP contribution in [0.4, 0.5) is 0 Å². The predicted molar refractivity (Wildman–Crippen MR) is 282 cm³/mol. The normalized spacial score (nSPS) is 13.3. The quantitative estimate of drug-likeness (QED) is 0.0693. The fourth-order valence-corrected chi connectivity index (χ4v) is 9.54. The average Bonchev–Trinajstić information content (AvgIpc) is 3.89. The second-order valence-electron chi connectivity index (χ2n) is 18.0. The van der Waals surface area contributed by atoms with Gasteiger partial charge in [0.15, 0.2) is 5.78 Å². The lowest BCUT2D eigenvalue weighted by Crippen LogP contribution is -2.38. The summed E-state index contributed by atoms with van der Waals surface area (Å²) in [5, 5.41) is 9.19. The minimum Gasteiger partial charge on any atom is -0.493 e. The molecule has 0 saturated carbocycles. The fraction of sp³-hybridized carbons (Fsp3) is 0.129. The van der Waals surface area contributed by atoms with Gasteiger partial charge in [-0.25, -0.2) is 19.1 Å². The van der Waals surface area contributed by atoms with E-state index in [1.165, 1.54) is 40.4 Å². The number of hydrogen-bond donors (Lipinski definition) is 0. The molecule has 0 amide bonds. The van der Waals surface area contributed by atoms with Crippen LogP contribution >= 0.6 is 0 Å². The summed E-state index contributed by atoms with van der Waals surface area (Å²) in [5.74, 6) is -0.925. The van der Waals surface area contributed by atoms with Crippen LogP contribution in [-0.4, -0.2) is 66.6 Å². The van der Waals surface area contributed by atoms with E-state index < -0.39 is 23.4 Å². The number of nitrogens with zero attached hydrogens (tertiary/aromatic N) is 3. The molecule has 8 aromatic carbocycles. The van der Waals surface area contributed by atoms with Gasteiger partial charge in [-0.3, -0.25) is 4.79 Å². The number of methoxy groups -OCH3 is 3. The van der Waals surface area contributed by atoms with Gasteiger partial charge in [0.1, 0.15) is 22.8 Å². The van der Waals surface area contributed by atoms with Crippen molar-refractivity contribution in [3.05, 3.63) is 221 Å². The molecule has 0 N–H and O–H groups in total. The number of Topliss-reactive ketones (excluding diaryl/α,β-unsaturated/α-hetero) is 1. The van der Waals surface area contributed by atoms with E-state index >= 15 is 0 Å². The van der Waals surface area contributed by atoms with E-state index in [0.29, 0.717) is 23.5 Å². The minimum absolute atomic E-state index is 0.137. The number of carbonyl (C=O) groups excluding carboxylic acids is 4. The van der Waals surface area contributed by atoms with Crippen molar-refractivity contribution in [2.75, 3.05) is 27.9 Å². The van der Waals surface area contributed by atoms with Crippen LogP contribution in [-0.2, 0) is 19.7 Å². The van der Waals surface area contributed by atoms with Crippen molar-refractivity contribution in [2.45, 2.75) is 25.8 Å². The van der Waals surface area contributed by atoms with Crippen molar-refractivity contribution < 1.29 is 42.9 Å². The van der Waals surface area contributed by atoms with Gasteiger partial charge in [-0.1, -0.05) is 133 Å². The molecule has 1 atom stereocenters. The summed E-state index contributed by atoms with van der Waals surface area (Å²) in [6.07, 6.45) is 2.30. The second kappa shape index (κ2) is 20.4. The summed E-state index contributed by atoms with van der Waals surface area (Å²) in [6.45, 7) is 3.51. The van der Waals surface area contributed by atoms with Crippen molar-refractivity contribution in [1.29, 1.82) is 0 Å². The largest absolute Gasteiger partial charge is 0.493 e. The predicted octanol–water partition coefficient (Wildman–Crippen LogP) is 12.9. The standard InChI is InChI=1S/C62H49N3O9/c1-38-37-65(64-63-38)62(27-28-73-55-32-49(39(2)66)30-50(33-55)59(67)70-3)53-22-17-41(18-23-53)40-9-11-43(12-10-40)48-21-26-57(58(36-48)74-56-34-51(60(68)71-4)31-52(35-56)61(69)72-5)45-15-13-42(14-16-45)46-7-6-8-47(29-46)44-19-24-54(62)25-20-44/h6-26,29-37H,27-28H2,1-5H3. The molecule has 1 heterocycles. The summed E-state index contributed by atoms with van der Waals surface area (Å²) in [5.41, 5.74) is 12.0. The molecule has 0 aliphatic heterocycles. The number of fused-ring (bicyclic) bond motifs is 1. The molecule has 1 aromatic heterocycles. The Hall–Kier alpha value is -9.42. The van der Waals surface area contributed by atoms with Crippen molar-refractivity contribution in [1.82, 2.24) is 15.0 Å². The van der Waals surface area contributed by atoms with Gasteiger partial charge in [0.05, 0.1) is 50.3 Å². The Morgan fingerprint density at radius 2 is 0.919 bits per heavy atom. The van der Waals surface area contributed by atoms with Crippen LogP contribution in [0.2, 0.25) is 0 Å². The SMILES string of the molecule is COC(=O)c1cc(OCCC2(n3cc(C)nn3)c3ccc(cc3)-c3ccc(cc3)-c3ccc(c(Oc4cc(C(=O)OC)cc(C(=O)OC)c4)c3)-c3ccc(cc3)-c3cccc(c3)-c3ccc2cc3)cc(C(C)=O)c1. The molecule has 0 spiro atoms. The highest BCUT2D eigenvalue weighted by atomic mass is 16.5. The molecule has 8 aliphatic carbocycles. The first kappa shape index (κ1) is 48.2. The lowest BCUT2D eigenvalue weighted by molar-refractivity contribution is 0.0586. The Labute approximate surface area is 427 Å². The van der Waals surface area contributed by atoms with E-state index in [-0.39, 0.29) is 34.8 Å². The monoisotopic (exact) mass is 979 g/mol. The minimum atomic E-state index is -0.948. The number of hydrogen-bond acceptors (Lipinski definition) is 11. The van der Waals surface area contributed by atoms with Crippen LogP contribution in [0.1, 0.15) is 71.6 Å². The number of aromatic nitrogens is 3. The maximum atomic E-state index is 12.8. The van der Waals surface area contributed by atoms with Crippen LogP contribution in [0.25, 0.3) is 55.6 Å². The molecule has 9 aromatic rings. The number of ketones is 1. The topological polar surface area (TPSA) is 145 Å². The Morgan fingerprint density at radius 1 is 0.486 bits per heavy atom. The number of benzene rings is 8. The number of esters is 3.